The topological polar surface area (TPSA) is 0 Å². The first-order chi connectivity index (χ1) is 10.3. The minimum atomic E-state index is -1.33. The third-order valence-corrected chi connectivity index (χ3v) is 19.1. The van der Waals surface area contributed by atoms with Crippen molar-refractivity contribution < 1.29 is 0 Å². The van der Waals surface area contributed by atoms with Crippen LogP contribution in [0.25, 0.3) is 0 Å². The number of rotatable bonds is 0. The van der Waals surface area contributed by atoms with Crippen LogP contribution < -0.4 is 0 Å². The van der Waals surface area contributed by atoms with Gasteiger partial charge < -0.3 is 0 Å². The van der Waals surface area contributed by atoms with Crippen molar-refractivity contribution in [2.75, 3.05) is 0 Å². The molecule has 24 heavy (non-hydrogen) atoms. The Morgan fingerprint density at radius 3 is 1.00 bits per heavy atom. The van der Waals surface area contributed by atoms with Crippen LogP contribution in [0.1, 0.15) is 96.9 Å². The first-order valence-corrected chi connectivity index (χ1v) is 14.2. The SMILES string of the molecule is CC1=C(C)C(C)(C)[C]([AlH2])=C1C.C[C](C)(C)[Ga]([C](C)(C)C)[C](C)(C)C. The van der Waals surface area contributed by atoms with Gasteiger partial charge in [-0.2, -0.15) is 0 Å². The molecule has 0 radical (unpaired) electrons. The van der Waals surface area contributed by atoms with Gasteiger partial charge in [-0.15, -0.1) is 4.44 Å². The van der Waals surface area contributed by atoms with E-state index >= 15 is 0 Å². The predicted molar refractivity (Wildman–Crippen MR) is 118 cm³/mol. The van der Waals surface area contributed by atoms with E-state index in [1.54, 1.807) is 15.6 Å². The van der Waals surface area contributed by atoms with Crippen molar-refractivity contribution in [2.45, 2.75) is 109 Å². The molecule has 0 atom stereocenters. The summed E-state index contributed by atoms with van der Waals surface area (Å²) in [5, 5.41) is 0. The molecule has 0 bridgehead atoms. The molecule has 0 aliphatic heterocycles. The van der Waals surface area contributed by atoms with Crippen LogP contribution in [0.3, 0.4) is 0 Å². The fourth-order valence-corrected chi connectivity index (χ4v) is 22.8. The molecule has 0 saturated heterocycles. The molecule has 0 amide bonds. The molecule has 0 aromatic heterocycles. The minimum absolute atomic E-state index is 0.375. The molecule has 0 nitrogen and oxygen atoms in total. The van der Waals surface area contributed by atoms with Gasteiger partial charge >= 0.3 is 90.4 Å². The maximum absolute atomic E-state index is 2.44. The van der Waals surface area contributed by atoms with Gasteiger partial charge in [-0.1, -0.05) is 25.0 Å². The van der Waals surface area contributed by atoms with E-state index in [-0.39, 0.29) is 0 Å². The summed E-state index contributed by atoms with van der Waals surface area (Å²) in [6, 6.07) is 0. The second-order valence-corrected chi connectivity index (χ2v) is 25.4. The average molecular weight is 405 g/mol. The van der Waals surface area contributed by atoms with Crippen molar-refractivity contribution in [3.8, 4) is 0 Å². The Morgan fingerprint density at radius 2 is 0.958 bits per heavy atom. The van der Waals surface area contributed by atoms with Gasteiger partial charge in [0.2, 0.25) is 0 Å². The van der Waals surface area contributed by atoms with Crippen molar-refractivity contribution in [3.05, 3.63) is 21.2 Å². The van der Waals surface area contributed by atoms with E-state index in [1.807, 2.05) is 0 Å². The molecule has 0 N–H and O–H groups in total. The van der Waals surface area contributed by atoms with Crippen LogP contribution in [0.5, 0.6) is 0 Å². The summed E-state index contributed by atoms with van der Waals surface area (Å²) in [6.45, 7) is 33.4. The number of hydrogen-bond donors (Lipinski definition) is 0. The summed E-state index contributed by atoms with van der Waals surface area (Å²) in [5.41, 5.74) is 5.03. The number of allylic oxidation sites excluding steroid dienone is 4. The second kappa shape index (κ2) is 7.72. The standard InChI is InChI=1S/C10H15.3C4H9.Al.Ga.2H/c1-7-6-10(4,5)9(3)8(7)2;3*1-4(2)3;;;;/h1-5H3;3*1-3H3;;;;. The Balaban J connectivity index is 0.000000446. The summed E-state index contributed by atoms with van der Waals surface area (Å²) in [5.74, 6) is 0. The van der Waals surface area contributed by atoms with Crippen LogP contribution in [0.2, 0.25) is 11.9 Å². The molecule has 0 spiro atoms. The van der Waals surface area contributed by atoms with E-state index in [4.69, 9.17) is 0 Å². The molecule has 1 rings (SSSR count). The van der Waals surface area contributed by atoms with Crippen LogP contribution in [0.4, 0.5) is 0 Å². The molecule has 0 heterocycles. The fourth-order valence-electron chi connectivity index (χ4n) is 5.68. The van der Waals surface area contributed by atoms with Gasteiger partial charge in [0, 0.05) is 0 Å². The second-order valence-electron chi connectivity index (χ2n) is 11.7. The summed E-state index contributed by atoms with van der Waals surface area (Å²) in [4.78, 5) is 0. The van der Waals surface area contributed by atoms with E-state index in [2.05, 4.69) is 96.9 Å². The molecule has 2 heteroatoms. The zero-order valence-electron chi connectivity index (χ0n) is 19.6. The predicted octanol–water partition coefficient (Wildman–Crippen LogP) is 7.15. The van der Waals surface area contributed by atoms with Gasteiger partial charge in [0.25, 0.3) is 16.3 Å². The average Bonchev–Trinajstić information content (AvgIpc) is 2.40. The van der Waals surface area contributed by atoms with Gasteiger partial charge in [0.15, 0.2) is 0 Å². The Bertz CT molecular complexity index is 454. The van der Waals surface area contributed by atoms with E-state index in [9.17, 15) is 0 Å². The van der Waals surface area contributed by atoms with Crippen LogP contribution >= 0.6 is 0 Å². The normalized spacial score (nSPS) is 18.6. The Labute approximate surface area is 167 Å². The van der Waals surface area contributed by atoms with E-state index in [1.165, 1.54) is 21.9 Å². The van der Waals surface area contributed by atoms with Crippen molar-refractivity contribution >= 4 is 32.5 Å². The Morgan fingerprint density at radius 1 is 0.667 bits per heavy atom. The van der Waals surface area contributed by atoms with Crippen LogP contribution in [0, 0.1) is 5.41 Å². The van der Waals surface area contributed by atoms with Gasteiger partial charge in [-0.05, 0) is 31.8 Å². The van der Waals surface area contributed by atoms with Crippen molar-refractivity contribution in [1.82, 2.24) is 0 Å². The van der Waals surface area contributed by atoms with E-state index < -0.39 is 16.2 Å². The molecule has 0 aromatic carbocycles. The number of hydrogen-bond acceptors (Lipinski definition) is 0. The fraction of sp³-hybridized carbons (Fsp3) is 0.818. The Kier molecular flexibility index (Phi) is 7.93. The van der Waals surface area contributed by atoms with Crippen LogP contribution in [0.15, 0.2) is 21.2 Å². The monoisotopic (exact) mass is 404 g/mol. The summed E-state index contributed by atoms with van der Waals surface area (Å²) >= 11 is -0.124. The molecule has 0 unspecified atom stereocenters. The van der Waals surface area contributed by atoms with Gasteiger partial charge in [0.1, 0.15) is 0 Å². The van der Waals surface area contributed by atoms with Gasteiger partial charge in [0.05, 0.1) is 0 Å². The maximum atomic E-state index is 2.44. The van der Waals surface area contributed by atoms with Crippen molar-refractivity contribution in [3.63, 3.8) is 0 Å². The molecular weight excluding hydrogens is 361 g/mol. The third-order valence-electron chi connectivity index (χ3n) is 6.16. The van der Waals surface area contributed by atoms with Gasteiger partial charge in [-0.3, -0.25) is 0 Å². The van der Waals surface area contributed by atoms with E-state index in [0.717, 1.165) is 0 Å². The van der Waals surface area contributed by atoms with Crippen molar-refractivity contribution in [2.24, 2.45) is 5.41 Å². The summed E-state index contributed by atoms with van der Waals surface area (Å²) in [7, 11) is 0. The molecule has 138 valence electrons. The quantitative estimate of drug-likeness (QED) is 0.376. The third kappa shape index (κ3) is 5.84. The van der Waals surface area contributed by atoms with Gasteiger partial charge in [-0.25, -0.2) is 0 Å². The molecular formula is C22H44AlGa. The summed E-state index contributed by atoms with van der Waals surface area (Å²) in [6.07, 6.45) is 0. The molecule has 1 aliphatic carbocycles. The zero-order valence-corrected chi connectivity index (χ0v) is 24.0. The van der Waals surface area contributed by atoms with E-state index in [0.29, 0.717) is 17.3 Å². The van der Waals surface area contributed by atoms with Crippen LogP contribution in [-0.4, -0.2) is 32.5 Å². The Hall–Kier alpha value is 0.649. The first kappa shape index (κ1) is 24.6. The zero-order chi connectivity index (χ0) is 19.9. The molecule has 0 aromatic rings. The molecule has 0 saturated carbocycles. The first-order valence-electron chi connectivity index (χ1n) is 9.62. The van der Waals surface area contributed by atoms with Crippen LogP contribution in [-0.2, 0) is 0 Å². The molecule has 0 fully saturated rings. The summed E-state index contributed by atoms with van der Waals surface area (Å²) < 4.78 is 3.39. The molecule has 1 aliphatic rings. The van der Waals surface area contributed by atoms with Crippen molar-refractivity contribution in [1.29, 1.82) is 0 Å².